The molecule has 0 N–H and O–H groups in total. The van der Waals surface area contributed by atoms with Crippen LogP contribution >= 0.6 is 0 Å². The van der Waals surface area contributed by atoms with Crippen molar-refractivity contribution in [1.82, 2.24) is 0 Å². The molecule has 86 valence electrons. The Morgan fingerprint density at radius 1 is 1.50 bits per heavy atom. The van der Waals surface area contributed by atoms with Gasteiger partial charge in [-0.2, -0.15) is 0 Å². The standard InChI is InChI=1S/C11H12O5/c1-4(2)10(12)15-8-6-3-5-7(14-6)9(8)16-11(5)13/h5-9H,1,3H2,2H3. The third-order valence-electron chi connectivity index (χ3n) is 3.38. The maximum Gasteiger partial charge on any atom is 0.333 e. The lowest BCUT2D eigenvalue weighted by atomic mass is 9.88. The van der Waals surface area contributed by atoms with Crippen LogP contribution in [0.25, 0.3) is 0 Å². The van der Waals surface area contributed by atoms with Crippen LogP contribution in [0, 0.1) is 5.92 Å². The normalized spacial score (nSPS) is 43.3. The van der Waals surface area contributed by atoms with Gasteiger partial charge in [-0.15, -0.1) is 0 Å². The Morgan fingerprint density at radius 3 is 2.94 bits per heavy atom. The fourth-order valence-corrected chi connectivity index (χ4v) is 2.61. The van der Waals surface area contributed by atoms with Crippen molar-refractivity contribution in [1.29, 1.82) is 0 Å². The van der Waals surface area contributed by atoms with Gasteiger partial charge in [-0.3, -0.25) is 4.79 Å². The molecule has 3 fully saturated rings. The molecular weight excluding hydrogens is 212 g/mol. The smallest absolute Gasteiger partial charge is 0.333 e. The topological polar surface area (TPSA) is 61.8 Å². The third kappa shape index (κ3) is 1.15. The second-order valence-corrected chi connectivity index (χ2v) is 4.53. The molecule has 0 saturated carbocycles. The summed E-state index contributed by atoms with van der Waals surface area (Å²) in [4.78, 5) is 22.8. The van der Waals surface area contributed by atoms with E-state index in [1.807, 2.05) is 0 Å². The van der Waals surface area contributed by atoms with Gasteiger partial charge in [0.15, 0.2) is 12.2 Å². The van der Waals surface area contributed by atoms with E-state index in [-0.39, 0.29) is 24.1 Å². The van der Waals surface area contributed by atoms with Gasteiger partial charge in [-0.05, 0) is 13.3 Å². The first-order valence-corrected chi connectivity index (χ1v) is 5.30. The predicted octanol–water partition coefficient (Wildman–Crippen LogP) is 0.187. The number of fused-ring (bicyclic) bond motifs is 1. The number of rotatable bonds is 2. The van der Waals surface area contributed by atoms with Crippen LogP contribution in [0.4, 0.5) is 0 Å². The van der Waals surface area contributed by atoms with Gasteiger partial charge in [-0.1, -0.05) is 6.58 Å². The first-order chi connectivity index (χ1) is 7.58. The average molecular weight is 224 g/mol. The minimum absolute atomic E-state index is 0.158. The van der Waals surface area contributed by atoms with Crippen molar-refractivity contribution in [2.24, 2.45) is 5.92 Å². The molecule has 2 bridgehead atoms. The molecule has 0 aliphatic carbocycles. The molecule has 0 aromatic carbocycles. The fraction of sp³-hybridized carbons (Fsp3) is 0.636. The molecule has 0 aromatic heterocycles. The van der Waals surface area contributed by atoms with E-state index < -0.39 is 18.2 Å². The van der Waals surface area contributed by atoms with E-state index in [2.05, 4.69) is 6.58 Å². The zero-order valence-corrected chi connectivity index (χ0v) is 8.84. The van der Waals surface area contributed by atoms with E-state index in [1.54, 1.807) is 6.92 Å². The van der Waals surface area contributed by atoms with E-state index in [1.165, 1.54) is 0 Å². The molecule has 5 unspecified atom stereocenters. The van der Waals surface area contributed by atoms with Crippen LogP contribution in [0.3, 0.4) is 0 Å². The highest BCUT2D eigenvalue weighted by molar-refractivity contribution is 5.87. The van der Waals surface area contributed by atoms with Crippen molar-refractivity contribution in [3.63, 3.8) is 0 Å². The molecule has 3 saturated heterocycles. The lowest BCUT2D eigenvalue weighted by Gasteiger charge is -2.22. The Hall–Kier alpha value is -1.36. The highest BCUT2D eigenvalue weighted by Gasteiger charge is 2.65. The lowest BCUT2D eigenvalue weighted by Crippen LogP contribution is -2.40. The summed E-state index contributed by atoms with van der Waals surface area (Å²) in [5, 5.41) is 0. The number of esters is 2. The number of hydrogen-bond donors (Lipinski definition) is 0. The SMILES string of the molecule is C=C(C)C(=O)OC1C2CC3C(=O)OC1C3O2. The fourth-order valence-electron chi connectivity index (χ4n) is 2.61. The minimum atomic E-state index is -0.461. The molecule has 0 amide bonds. The molecule has 0 aromatic rings. The summed E-state index contributed by atoms with van der Waals surface area (Å²) in [6.45, 7) is 5.10. The Labute approximate surface area is 92.3 Å². The Bertz CT molecular complexity index is 388. The van der Waals surface area contributed by atoms with Crippen molar-refractivity contribution in [2.75, 3.05) is 0 Å². The van der Waals surface area contributed by atoms with E-state index >= 15 is 0 Å². The molecule has 3 rings (SSSR count). The van der Waals surface area contributed by atoms with Crippen molar-refractivity contribution in [3.05, 3.63) is 12.2 Å². The van der Waals surface area contributed by atoms with Gasteiger partial charge in [0.25, 0.3) is 0 Å². The van der Waals surface area contributed by atoms with Crippen LogP contribution in [-0.2, 0) is 23.8 Å². The first kappa shape index (κ1) is 9.84. The van der Waals surface area contributed by atoms with Crippen molar-refractivity contribution >= 4 is 11.9 Å². The Balaban J connectivity index is 1.77. The Morgan fingerprint density at radius 2 is 2.25 bits per heavy atom. The van der Waals surface area contributed by atoms with E-state index in [0.29, 0.717) is 12.0 Å². The van der Waals surface area contributed by atoms with Gasteiger partial charge < -0.3 is 14.2 Å². The number of carbonyl (C=O) groups is 2. The van der Waals surface area contributed by atoms with Crippen LogP contribution in [0.5, 0.6) is 0 Å². The summed E-state index contributed by atoms with van der Waals surface area (Å²) in [5.41, 5.74) is 0.337. The number of hydrogen-bond acceptors (Lipinski definition) is 5. The zero-order valence-electron chi connectivity index (χ0n) is 8.84. The second-order valence-electron chi connectivity index (χ2n) is 4.53. The number of carbonyl (C=O) groups excluding carboxylic acids is 2. The van der Waals surface area contributed by atoms with E-state index in [9.17, 15) is 9.59 Å². The summed E-state index contributed by atoms with van der Waals surface area (Å²) < 4.78 is 16.0. The Kier molecular flexibility index (Phi) is 1.89. The van der Waals surface area contributed by atoms with Crippen LogP contribution < -0.4 is 0 Å². The van der Waals surface area contributed by atoms with E-state index in [0.717, 1.165) is 0 Å². The molecular formula is C11H12O5. The summed E-state index contributed by atoms with van der Waals surface area (Å²) in [7, 11) is 0. The van der Waals surface area contributed by atoms with Crippen LogP contribution in [0.2, 0.25) is 0 Å². The third-order valence-corrected chi connectivity index (χ3v) is 3.38. The average Bonchev–Trinajstić information content (AvgIpc) is 2.81. The van der Waals surface area contributed by atoms with Crippen molar-refractivity contribution in [3.8, 4) is 0 Å². The molecule has 0 radical (unpaired) electrons. The van der Waals surface area contributed by atoms with Gasteiger partial charge in [0, 0.05) is 5.57 Å². The molecule has 5 atom stereocenters. The summed E-state index contributed by atoms with van der Waals surface area (Å²) in [6, 6.07) is 0. The van der Waals surface area contributed by atoms with Gasteiger partial charge in [0.2, 0.25) is 0 Å². The molecule has 3 heterocycles. The largest absolute Gasteiger partial charge is 0.455 e. The monoisotopic (exact) mass is 224 g/mol. The summed E-state index contributed by atoms with van der Waals surface area (Å²) in [6.07, 6.45) is -0.708. The molecule has 3 aliphatic rings. The van der Waals surface area contributed by atoms with Gasteiger partial charge >= 0.3 is 11.9 Å². The molecule has 16 heavy (non-hydrogen) atoms. The second kappa shape index (κ2) is 3.07. The van der Waals surface area contributed by atoms with Crippen molar-refractivity contribution in [2.45, 2.75) is 37.8 Å². The first-order valence-electron chi connectivity index (χ1n) is 5.30. The van der Waals surface area contributed by atoms with Gasteiger partial charge in [0.05, 0.1) is 12.0 Å². The molecule has 3 aliphatic heterocycles. The highest BCUT2D eigenvalue weighted by atomic mass is 16.7. The van der Waals surface area contributed by atoms with E-state index in [4.69, 9.17) is 14.2 Å². The lowest BCUT2D eigenvalue weighted by molar-refractivity contribution is -0.157. The summed E-state index contributed by atoms with van der Waals surface area (Å²) >= 11 is 0. The van der Waals surface area contributed by atoms with Crippen molar-refractivity contribution < 1.29 is 23.8 Å². The van der Waals surface area contributed by atoms with Crippen LogP contribution in [0.1, 0.15) is 13.3 Å². The minimum Gasteiger partial charge on any atom is -0.455 e. The highest BCUT2D eigenvalue weighted by Crippen LogP contribution is 2.47. The molecule has 0 spiro atoms. The number of ether oxygens (including phenoxy) is 3. The van der Waals surface area contributed by atoms with Crippen LogP contribution in [0.15, 0.2) is 12.2 Å². The van der Waals surface area contributed by atoms with Crippen LogP contribution in [-0.4, -0.2) is 36.4 Å². The molecule has 5 nitrogen and oxygen atoms in total. The maximum absolute atomic E-state index is 11.4. The summed E-state index contributed by atoms with van der Waals surface area (Å²) in [5.74, 6) is -0.846. The van der Waals surface area contributed by atoms with Gasteiger partial charge in [-0.25, -0.2) is 4.79 Å². The quantitative estimate of drug-likeness (QED) is 0.495. The maximum atomic E-state index is 11.4. The van der Waals surface area contributed by atoms with Gasteiger partial charge in [0.1, 0.15) is 6.10 Å². The molecule has 5 heteroatoms. The predicted molar refractivity (Wildman–Crippen MR) is 51.3 cm³/mol. The zero-order chi connectivity index (χ0) is 11.4.